The van der Waals surface area contributed by atoms with Crippen LogP contribution in [-0.2, 0) is 4.74 Å². The second kappa shape index (κ2) is 6.31. The third-order valence-electron chi connectivity index (χ3n) is 3.45. The summed E-state index contributed by atoms with van der Waals surface area (Å²) in [4.78, 5) is 8.39. The van der Waals surface area contributed by atoms with Gasteiger partial charge < -0.3 is 20.1 Å². The van der Waals surface area contributed by atoms with Crippen LogP contribution in [0.5, 0.6) is 0 Å². The molecule has 0 spiro atoms. The van der Waals surface area contributed by atoms with Crippen molar-refractivity contribution >= 4 is 22.8 Å². The zero-order valence-electron chi connectivity index (χ0n) is 11.6. The summed E-state index contributed by atoms with van der Waals surface area (Å²) >= 11 is 1.50. The van der Waals surface area contributed by atoms with E-state index in [9.17, 15) is 10.2 Å². The van der Waals surface area contributed by atoms with Gasteiger partial charge in [0.15, 0.2) is 11.9 Å². The third kappa shape index (κ3) is 2.50. The van der Waals surface area contributed by atoms with Crippen LogP contribution >= 0.6 is 11.8 Å². The van der Waals surface area contributed by atoms with Crippen LogP contribution in [0.2, 0.25) is 0 Å². The molecule has 1 aliphatic heterocycles. The lowest BCUT2D eigenvalue weighted by Crippen LogP contribution is -2.33. The SMILES string of the molecule is C=CCSc1ncnc2c1cnn2C1OC(CO)C(O)C1O. The van der Waals surface area contributed by atoms with Crippen LogP contribution in [0.4, 0.5) is 0 Å². The number of ether oxygens (including phenoxy) is 1. The number of hydrogen-bond donors (Lipinski definition) is 3. The largest absolute Gasteiger partial charge is 0.394 e. The molecule has 1 fully saturated rings. The summed E-state index contributed by atoms with van der Waals surface area (Å²) in [5.41, 5.74) is 0.497. The topological polar surface area (TPSA) is 114 Å². The molecule has 1 saturated heterocycles. The van der Waals surface area contributed by atoms with Gasteiger partial charge in [-0.25, -0.2) is 14.6 Å². The Balaban J connectivity index is 1.97. The summed E-state index contributed by atoms with van der Waals surface area (Å²) in [6, 6.07) is 0. The van der Waals surface area contributed by atoms with Crippen molar-refractivity contribution in [1.82, 2.24) is 19.7 Å². The Bertz CT molecular complexity index is 679. The molecule has 3 heterocycles. The molecule has 118 valence electrons. The van der Waals surface area contributed by atoms with Crippen molar-refractivity contribution in [2.75, 3.05) is 12.4 Å². The Kier molecular flexibility index (Phi) is 4.41. The van der Waals surface area contributed by atoms with Crippen LogP contribution in [-0.4, -0.2) is 65.7 Å². The maximum Gasteiger partial charge on any atom is 0.181 e. The monoisotopic (exact) mass is 324 g/mol. The smallest absolute Gasteiger partial charge is 0.181 e. The van der Waals surface area contributed by atoms with Gasteiger partial charge in [-0.1, -0.05) is 6.08 Å². The highest BCUT2D eigenvalue weighted by Gasteiger charge is 2.44. The van der Waals surface area contributed by atoms with E-state index in [4.69, 9.17) is 9.84 Å². The average molecular weight is 324 g/mol. The average Bonchev–Trinajstić information content (AvgIpc) is 3.08. The normalized spacial score (nSPS) is 28.3. The van der Waals surface area contributed by atoms with E-state index in [1.807, 2.05) is 0 Å². The fourth-order valence-electron chi connectivity index (χ4n) is 2.36. The lowest BCUT2D eigenvalue weighted by atomic mass is 10.1. The molecule has 4 unspecified atom stereocenters. The first-order chi connectivity index (χ1) is 10.7. The maximum atomic E-state index is 10.1. The van der Waals surface area contributed by atoms with Crippen LogP contribution < -0.4 is 0 Å². The summed E-state index contributed by atoms with van der Waals surface area (Å²) in [6.07, 6.45) is 0.648. The van der Waals surface area contributed by atoms with Crippen LogP contribution in [0.25, 0.3) is 11.0 Å². The Hall–Kier alpha value is -1.52. The number of aliphatic hydroxyl groups is 3. The van der Waals surface area contributed by atoms with Crippen molar-refractivity contribution in [3.8, 4) is 0 Å². The molecule has 0 aromatic carbocycles. The summed E-state index contributed by atoms with van der Waals surface area (Å²) < 4.78 is 6.88. The minimum absolute atomic E-state index is 0.386. The molecule has 3 rings (SSSR count). The quantitative estimate of drug-likeness (QED) is 0.391. The van der Waals surface area contributed by atoms with E-state index in [1.165, 1.54) is 22.8 Å². The summed E-state index contributed by atoms with van der Waals surface area (Å²) in [6.45, 7) is 3.28. The summed E-state index contributed by atoms with van der Waals surface area (Å²) in [5, 5.41) is 34.8. The minimum Gasteiger partial charge on any atom is -0.394 e. The number of aromatic nitrogens is 4. The Labute approximate surface area is 130 Å². The van der Waals surface area contributed by atoms with Crippen molar-refractivity contribution in [3.05, 3.63) is 25.2 Å². The van der Waals surface area contributed by atoms with E-state index in [0.717, 1.165) is 10.4 Å². The first-order valence-electron chi connectivity index (χ1n) is 6.71. The number of nitrogens with zero attached hydrogens (tertiary/aromatic N) is 4. The molecular weight excluding hydrogens is 308 g/mol. The number of thioether (sulfide) groups is 1. The zero-order valence-corrected chi connectivity index (χ0v) is 12.4. The molecule has 8 nitrogen and oxygen atoms in total. The Morgan fingerprint density at radius 3 is 2.86 bits per heavy atom. The number of fused-ring (bicyclic) bond motifs is 1. The lowest BCUT2D eigenvalue weighted by molar-refractivity contribution is -0.0566. The Morgan fingerprint density at radius 1 is 1.36 bits per heavy atom. The van der Waals surface area contributed by atoms with E-state index < -0.39 is 24.5 Å². The fraction of sp³-hybridized carbons (Fsp3) is 0.462. The molecule has 2 aromatic heterocycles. The molecule has 0 radical (unpaired) electrons. The van der Waals surface area contributed by atoms with Gasteiger partial charge in [0.2, 0.25) is 0 Å². The predicted octanol–water partition coefficient (Wildman–Crippen LogP) is -0.284. The number of aliphatic hydroxyl groups excluding tert-OH is 3. The third-order valence-corrected chi connectivity index (χ3v) is 4.45. The molecule has 4 atom stereocenters. The van der Waals surface area contributed by atoms with Crippen molar-refractivity contribution in [3.63, 3.8) is 0 Å². The van der Waals surface area contributed by atoms with Crippen LogP contribution in [0, 0.1) is 0 Å². The van der Waals surface area contributed by atoms with Crippen molar-refractivity contribution < 1.29 is 20.1 Å². The predicted molar refractivity (Wildman–Crippen MR) is 79.3 cm³/mol. The second-order valence-corrected chi connectivity index (χ2v) is 5.84. The van der Waals surface area contributed by atoms with Crippen molar-refractivity contribution in [1.29, 1.82) is 0 Å². The number of rotatable bonds is 5. The lowest BCUT2D eigenvalue weighted by Gasteiger charge is -2.15. The fourth-order valence-corrected chi connectivity index (χ4v) is 3.06. The van der Waals surface area contributed by atoms with Crippen molar-refractivity contribution in [2.45, 2.75) is 29.6 Å². The van der Waals surface area contributed by atoms with Gasteiger partial charge in [0.25, 0.3) is 0 Å². The van der Waals surface area contributed by atoms with Crippen LogP contribution in [0.15, 0.2) is 30.2 Å². The van der Waals surface area contributed by atoms with Gasteiger partial charge in [0.05, 0.1) is 18.2 Å². The molecule has 3 N–H and O–H groups in total. The first kappa shape index (κ1) is 15.4. The highest BCUT2D eigenvalue weighted by atomic mass is 32.2. The second-order valence-electron chi connectivity index (χ2n) is 4.83. The molecule has 2 aromatic rings. The molecule has 1 aliphatic rings. The standard InChI is InChI=1S/C13H16N4O4S/c1-2-3-22-12-7-4-16-17(11(7)14-6-15-12)13-10(20)9(19)8(5-18)21-13/h2,4,6,8-10,13,18-20H,1,3,5H2. The van der Waals surface area contributed by atoms with E-state index in [0.29, 0.717) is 11.4 Å². The van der Waals surface area contributed by atoms with E-state index in [2.05, 4.69) is 21.6 Å². The molecule has 22 heavy (non-hydrogen) atoms. The molecule has 0 amide bonds. The van der Waals surface area contributed by atoms with Gasteiger partial charge in [0, 0.05) is 5.75 Å². The van der Waals surface area contributed by atoms with Gasteiger partial charge in [-0.05, 0) is 0 Å². The van der Waals surface area contributed by atoms with Crippen molar-refractivity contribution in [2.24, 2.45) is 0 Å². The maximum absolute atomic E-state index is 10.1. The highest BCUT2D eigenvalue weighted by molar-refractivity contribution is 7.99. The van der Waals surface area contributed by atoms with E-state index in [-0.39, 0.29) is 6.61 Å². The van der Waals surface area contributed by atoms with Gasteiger partial charge in [-0.15, -0.1) is 18.3 Å². The number of hydrogen-bond acceptors (Lipinski definition) is 8. The zero-order chi connectivity index (χ0) is 15.7. The molecule has 0 saturated carbocycles. The van der Waals surface area contributed by atoms with Crippen LogP contribution in [0.1, 0.15) is 6.23 Å². The summed E-state index contributed by atoms with van der Waals surface area (Å²) in [5.74, 6) is 0.700. The molecular formula is C13H16N4O4S. The summed E-state index contributed by atoms with van der Waals surface area (Å²) in [7, 11) is 0. The van der Waals surface area contributed by atoms with E-state index >= 15 is 0 Å². The van der Waals surface area contributed by atoms with Gasteiger partial charge in [-0.2, -0.15) is 5.10 Å². The minimum atomic E-state index is -1.19. The first-order valence-corrected chi connectivity index (χ1v) is 7.70. The Morgan fingerprint density at radius 2 is 2.18 bits per heavy atom. The molecule has 0 aliphatic carbocycles. The van der Waals surface area contributed by atoms with Gasteiger partial charge in [0.1, 0.15) is 29.7 Å². The molecule has 0 bridgehead atoms. The molecule has 9 heteroatoms. The van der Waals surface area contributed by atoms with Crippen LogP contribution in [0.3, 0.4) is 0 Å². The highest BCUT2D eigenvalue weighted by Crippen LogP contribution is 2.32. The van der Waals surface area contributed by atoms with Gasteiger partial charge >= 0.3 is 0 Å². The van der Waals surface area contributed by atoms with Gasteiger partial charge in [-0.3, -0.25) is 0 Å². The van der Waals surface area contributed by atoms with E-state index in [1.54, 1.807) is 12.3 Å².